The Balaban J connectivity index is 1.79. The van der Waals surface area contributed by atoms with Crippen molar-refractivity contribution in [3.63, 3.8) is 0 Å². The van der Waals surface area contributed by atoms with Gasteiger partial charge in [0.05, 0.1) is 0 Å². The van der Waals surface area contributed by atoms with E-state index in [4.69, 9.17) is 0 Å². The first-order valence-corrected chi connectivity index (χ1v) is 11.2. The third kappa shape index (κ3) is 4.49. The van der Waals surface area contributed by atoms with Crippen LogP contribution >= 0.6 is 17.2 Å². The van der Waals surface area contributed by atoms with E-state index in [2.05, 4.69) is 94.5 Å². The van der Waals surface area contributed by atoms with E-state index in [1.807, 2.05) is 0 Å². The van der Waals surface area contributed by atoms with Gasteiger partial charge in [-0.15, -0.1) is 0 Å². The first-order valence-electron chi connectivity index (χ1n) is 9.16. The summed E-state index contributed by atoms with van der Waals surface area (Å²) in [4.78, 5) is 0. The molecule has 0 aliphatic heterocycles. The van der Waals surface area contributed by atoms with E-state index in [0.717, 1.165) is 17.2 Å². The van der Waals surface area contributed by atoms with Crippen molar-refractivity contribution in [3.8, 4) is 0 Å². The van der Waals surface area contributed by atoms with Crippen LogP contribution in [0.1, 0.15) is 50.7 Å². The van der Waals surface area contributed by atoms with Crippen LogP contribution in [0, 0.1) is 0 Å². The molecule has 0 bridgehead atoms. The summed E-state index contributed by atoms with van der Waals surface area (Å²) in [5.41, 5.74) is 3.57. The molecule has 25 heavy (non-hydrogen) atoms. The molecule has 0 saturated heterocycles. The van der Waals surface area contributed by atoms with Gasteiger partial charge in [0.2, 0.25) is 0 Å². The molecule has 130 valence electrons. The number of hydrogen-bond donors (Lipinski definition) is 0. The van der Waals surface area contributed by atoms with E-state index in [-0.39, 0.29) is 0 Å². The number of rotatable bonds is 6. The van der Waals surface area contributed by atoms with Gasteiger partial charge in [-0.05, 0) is 38.9 Å². The lowest BCUT2D eigenvalue weighted by atomic mass is 10.0. The van der Waals surface area contributed by atoms with Gasteiger partial charge in [0.1, 0.15) is 0 Å². The maximum absolute atomic E-state index is 2.40. The highest BCUT2D eigenvalue weighted by atomic mass is 31.1. The van der Waals surface area contributed by atoms with Crippen LogP contribution in [0.15, 0.2) is 72.1 Å². The maximum Gasteiger partial charge on any atom is 0.0242 e. The SMILES string of the molecule is CC(C)c1ccccc1PC1=CC=CC1Pc1ccccc1C(C)C. The molecule has 0 heterocycles. The van der Waals surface area contributed by atoms with Crippen LogP contribution in [-0.4, -0.2) is 5.66 Å². The molecular formula is C23H28P2. The van der Waals surface area contributed by atoms with E-state index in [0.29, 0.717) is 17.5 Å². The molecule has 1 aliphatic rings. The summed E-state index contributed by atoms with van der Waals surface area (Å²) in [6.07, 6.45) is 7.01. The average molecular weight is 366 g/mol. The Morgan fingerprint density at radius 1 is 0.760 bits per heavy atom. The van der Waals surface area contributed by atoms with Crippen molar-refractivity contribution in [1.82, 2.24) is 0 Å². The molecule has 3 rings (SSSR count). The monoisotopic (exact) mass is 366 g/mol. The highest BCUT2D eigenvalue weighted by Gasteiger charge is 2.19. The Hall–Kier alpha value is -1.22. The van der Waals surface area contributed by atoms with Gasteiger partial charge >= 0.3 is 0 Å². The number of hydrogen-bond acceptors (Lipinski definition) is 0. The minimum absolute atomic E-state index is 0.568. The van der Waals surface area contributed by atoms with Gasteiger partial charge in [-0.1, -0.05) is 112 Å². The first-order chi connectivity index (χ1) is 12.1. The Morgan fingerprint density at radius 3 is 1.96 bits per heavy atom. The molecule has 0 amide bonds. The van der Waals surface area contributed by atoms with Crippen molar-refractivity contribution in [2.75, 3.05) is 0 Å². The molecule has 0 nitrogen and oxygen atoms in total. The zero-order chi connectivity index (χ0) is 17.8. The average Bonchev–Trinajstić information content (AvgIpc) is 3.02. The van der Waals surface area contributed by atoms with Crippen LogP contribution < -0.4 is 10.6 Å². The van der Waals surface area contributed by atoms with E-state index in [1.165, 1.54) is 21.7 Å². The molecular weight excluding hydrogens is 338 g/mol. The third-order valence-corrected chi connectivity index (χ3v) is 8.03. The minimum atomic E-state index is 0.568. The van der Waals surface area contributed by atoms with E-state index >= 15 is 0 Å². The van der Waals surface area contributed by atoms with Crippen molar-refractivity contribution in [2.24, 2.45) is 0 Å². The predicted molar refractivity (Wildman–Crippen MR) is 118 cm³/mol. The lowest BCUT2D eigenvalue weighted by molar-refractivity contribution is 0.873. The second-order valence-electron chi connectivity index (χ2n) is 7.24. The molecule has 2 aromatic carbocycles. The molecule has 2 heteroatoms. The fourth-order valence-electron chi connectivity index (χ4n) is 3.29. The molecule has 0 fully saturated rings. The zero-order valence-electron chi connectivity index (χ0n) is 15.6. The first kappa shape index (κ1) is 18.6. The van der Waals surface area contributed by atoms with Gasteiger partial charge in [0, 0.05) is 5.66 Å². The Labute approximate surface area is 156 Å². The quantitative estimate of drug-likeness (QED) is 0.545. The Bertz CT molecular complexity index is 784. The summed E-state index contributed by atoms with van der Waals surface area (Å²) >= 11 is 0. The van der Waals surface area contributed by atoms with Gasteiger partial charge in [0.15, 0.2) is 0 Å². The molecule has 3 atom stereocenters. The van der Waals surface area contributed by atoms with Gasteiger partial charge in [-0.2, -0.15) is 0 Å². The summed E-state index contributed by atoms with van der Waals surface area (Å²) in [6.45, 7) is 9.18. The summed E-state index contributed by atoms with van der Waals surface area (Å²) in [5, 5.41) is 4.63. The molecule has 2 aromatic rings. The van der Waals surface area contributed by atoms with Crippen molar-refractivity contribution in [3.05, 3.63) is 83.2 Å². The van der Waals surface area contributed by atoms with Crippen LogP contribution in [-0.2, 0) is 0 Å². The van der Waals surface area contributed by atoms with Crippen LogP contribution in [0.4, 0.5) is 0 Å². The second kappa shape index (κ2) is 8.44. The lowest BCUT2D eigenvalue weighted by Gasteiger charge is -2.20. The highest BCUT2D eigenvalue weighted by Crippen LogP contribution is 2.41. The predicted octanol–water partition coefficient (Wildman–Crippen LogP) is 6.06. The van der Waals surface area contributed by atoms with Gasteiger partial charge in [-0.3, -0.25) is 0 Å². The zero-order valence-corrected chi connectivity index (χ0v) is 17.6. The summed E-state index contributed by atoms with van der Waals surface area (Å²) in [6, 6.07) is 17.9. The smallest absolute Gasteiger partial charge is 0.0242 e. The van der Waals surface area contributed by atoms with Crippen LogP contribution in [0.25, 0.3) is 0 Å². The largest absolute Gasteiger partial charge is 0.0784 e. The van der Waals surface area contributed by atoms with Crippen molar-refractivity contribution in [1.29, 1.82) is 0 Å². The fraction of sp³-hybridized carbons (Fsp3) is 0.304. The van der Waals surface area contributed by atoms with Crippen molar-refractivity contribution >= 4 is 27.8 Å². The molecule has 0 aromatic heterocycles. The van der Waals surface area contributed by atoms with E-state index < -0.39 is 0 Å². The summed E-state index contributed by atoms with van der Waals surface area (Å²) < 4.78 is 0. The Morgan fingerprint density at radius 2 is 1.32 bits per heavy atom. The van der Waals surface area contributed by atoms with Crippen LogP contribution in [0.5, 0.6) is 0 Å². The standard InChI is InChI=1S/C23H28P2/c1-16(2)18-10-5-7-12-20(18)24-22-14-9-15-23(22)25-21-13-8-6-11-19(21)17(3)4/h5-17,22,24-25H,1-4H3. The van der Waals surface area contributed by atoms with E-state index in [9.17, 15) is 0 Å². The minimum Gasteiger partial charge on any atom is -0.0784 e. The summed E-state index contributed by atoms with van der Waals surface area (Å²) in [5.74, 6) is 1.17. The molecule has 0 saturated carbocycles. The highest BCUT2D eigenvalue weighted by molar-refractivity contribution is 7.55. The molecule has 0 radical (unpaired) electrons. The molecule has 0 spiro atoms. The van der Waals surface area contributed by atoms with Crippen LogP contribution in [0.3, 0.4) is 0 Å². The maximum atomic E-state index is 2.40. The van der Waals surface area contributed by atoms with Gasteiger partial charge in [0.25, 0.3) is 0 Å². The van der Waals surface area contributed by atoms with Crippen molar-refractivity contribution in [2.45, 2.75) is 45.2 Å². The third-order valence-electron chi connectivity index (χ3n) is 4.67. The molecule has 0 N–H and O–H groups in total. The molecule has 3 unspecified atom stereocenters. The van der Waals surface area contributed by atoms with Crippen LogP contribution in [0.2, 0.25) is 0 Å². The second-order valence-corrected chi connectivity index (χ2v) is 10.1. The lowest BCUT2D eigenvalue weighted by Crippen LogP contribution is -2.12. The summed E-state index contributed by atoms with van der Waals surface area (Å²) in [7, 11) is 1.60. The van der Waals surface area contributed by atoms with E-state index in [1.54, 1.807) is 5.31 Å². The van der Waals surface area contributed by atoms with Gasteiger partial charge < -0.3 is 0 Å². The number of benzene rings is 2. The molecule has 1 aliphatic carbocycles. The topological polar surface area (TPSA) is 0 Å². The fourth-order valence-corrected chi connectivity index (χ4v) is 6.69. The number of allylic oxidation sites excluding steroid dienone is 4. The van der Waals surface area contributed by atoms with Gasteiger partial charge in [-0.25, -0.2) is 0 Å². The Kier molecular flexibility index (Phi) is 6.27. The van der Waals surface area contributed by atoms with Crippen molar-refractivity contribution < 1.29 is 0 Å². The normalized spacial score (nSPS) is 17.7.